The highest BCUT2D eigenvalue weighted by molar-refractivity contribution is 7.89. The van der Waals surface area contributed by atoms with Gasteiger partial charge in [-0.2, -0.15) is 0 Å². The van der Waals surface area contributed by atoms with Gasteiger partial charge < -0.3 is 10.2 Å². The van der Waals surface area contributed by atoms with Crippen molar-refractivity contribution in [1.82, 2.24) is 9.21 Å². The number of nitrogens with zero attached hydrogens (tertiary/aromatic N) is 2. The lowest BCUT2D eigenvalue weighted by atomic mass is 9.74. The lowest BCUT2D eigenvalue weighted by Gasteiger charge is -2.45. The van der Waals surface area contributed by atoms with Crippen LogP contribution in [0.25, 0.3) is 0 Å². The van der Waals surface area contributed by atoms with E-state index in [1.54, 1.807) is 30.1 Å². The number of ketones is 1. The molecule has 1 aliphatic rings. The summed E-state index contributed by atoms with van der Waals surface area (Å²) in [5.74, 6) is 0.0717. The number of rotatable bonds is 5. The lowest BCUT2D eigenvalue weighted by Crippen LogP contribution is -2.55. The maximum Gasteiger partial charge on any atom is 0.242 e. The number of sulfonamides is 1. The van der Waals surface area contributed by atoms with Gasteiger partial charge in [-0.05, 0) is 55.7 Å². The Kier molecular flexibility index (Phi) is 7.05. The molecule has 0 heterocycles. The van der Waals surface area contributed by atoms with Gasteiger partial charge in [0.15, 0.2) is 10.9 Å². The maximum absolute atomic E-state index is 13.3. The number of nitrogens with one attached hydrogen (secondary N) is 1. The molecule has 1 N–H and O–H groups in total. The fourth-order valence-electron chi connectivity index (χ4n) is 3.96. The Balaban J connectivity index is 1.95. The summed E-state index contributed by atoms with van der Waals surface area (Å²) in [6.45, 7) is 0. The quantitative estimate of drug-likeness (QED) is 0.646. The van der Waals surface area contributed by atoms with Crippen LogP contribution in [0.2, 0.25) is 5.02 Å². The summed E-state index contributed by atoms with van der Waals surface area (Å²) in [5, 5.41) is 3.94. The summed E-state index contributed by atoms with van der Waals surface area (Å²) >= 11 is 12.2. The first-order valence-electron chi connectivity index (χ1n) is 9.96. The van der Waals surface area contributed by atoms with E-state index in [-0.39, 0.29) is 10.7 Å². The average molecular weight is 480 g/mol. The number of hydrogen-bond donors (Lipinski definition) is 1. The third-order valence-electron chi connectivity index (χ3n) is 5.71. The van der Waals surface area contributed by atoms with Gasteiger partial charge >= 0.3 is 0 Å². The van der Waals surface area contributed by atoms with Crippen LogP contribution < -0.4 is 5.32 Å². The molecule has 1 atom stereocenters. The highest BCUT2D eigenvalue weighted by Crippen LogP contribution is 2.42. The number of carbonyl (C=O) groups is 1. The van der Waals surface area contributed by atoms with E-state index in [0.717, 1.165) is 22.7 Å². The van der Waals surface area contributed by atoms with E-state index in [1.165, 1.54) is 26.2 Å². The zero-order valence-electron chi connectivity index (χ0n) is 17.8. The zero-order chi connectivity index (χ0) is 22.8. The third kappa shape index (κ3) is 4.48. The number of anilines is 1. The number of likely N-dealkylation sites (N-methyl/N-ethyl adjacent to an activating group) is 1. The summed E-state index contributed by atoms with van der Waals surface area (Å²) in [7, 11) is 1.16. The Morgan fingerprint density at radius 2 is 1.81 bits per heavy atom. The highest BCUT2D eigenvalue weighted by atomic mass is 35.5. The fraction of sp³-hybridized carbons (Fsp3) is 0.364. The first kappa shape index (κ1) is 23.7. The molecule has 2 aromatic carbocycles. The van der Waals surface area contributed by atoms with Gasteiger partial charge in [-0.1, -0.05) is 35.9 Å². The predicted octanol–water partition coefficient (Wildman–Crippen LogP) is 4.26. The molecule has 6 nitrogen and oxygen atoms in total. The number of benzene rings is 2. The van der Waals surface area contributed by atoms with Gasteiger partial charge in [-0.25, -0.2) is 12.7 Å². The molecule has 31 heavy (non-hydrogen) atoms. The summed E-state index contributed by atoms with van der Waals surface area (Å²) in [4.78, 5) is 15.2. The van der Waals surface area contributed by atoms with E-state index in [0.29, 0.717) is 28.7 Å². The number of carbonyl (C=O) groups excluding carboxylic acids is 1. The molecule has 0 saturated heterocycles. The first-order valence-corrected chi connectivity index (χ1v) is 12.2. The molecule has 0 amide bonds. The minimum absolute atomic E-state index is 0.0717. The number of halogens is 1. The first-order chi connectivity index (χ1) is 14.6. The zero-order valence-corrected chi connectivity index (χ0v) is 20.1. The van der Waals surface area contributed by atoms with E-state index < -0.39 is 15.6 Å². The SMILES string of the molecule is CN(C(=S)Nc1cccc(S(=O)(=O)N(C)C)c1)[C@]1(c2ccccc2Cl)CCCCC1=O. The van der Waals surface area contributed by atoms with Gasteiger partial charge in [0.2, 0.25) is 10.0 Å². The molecule has 0 aromatic heterocycles. The Bertz CT molecular complexity index is 1100. The van der Waals surface area contributed by atoms with Crippen molar-refractivity contribution in [2.24, 2.45) is 0 Å². The van der Waals surface area contributed by atoms with Crippen LogP contribution in [-0.4, -0.2) is 49.7 Å². The molecule has 0 radical (unpaired) electrons. The van der Waals surface area contributed by atoms with Gasteiger partial charge in [-0.3, -0.25) is 4.79 Å². The molecular weight excluding hydrogens is 454 g/mol. The molecule has 166 valence electrons. The predicted molar refractivity (Wildman–Crippen MR) is 128 cm³/mol. The van der Waals surface area contributed by atoms with Crippen LogP contribution in [-0.2, 0) is 20.4 Å². The Morgan fingerprint density at radius 3 is 2.45 bits per heavy atom. The fourth-order valence-corrected chi connectivity index (χ4v) is 5.47. The molecule has 0 aliphatic heterocycles. The second kappa shape index (κ2) is 9.24. The number of thiocarbonyl (C=S) groups is 1. The van der Waals surface area contributed by atoms with Crippen LogP contribution in [0, 0.1) is 0 Å². The normalized spacial score (nSPS) is 19.3. The van der Waals surface area contributed by atoms with Crippen LogP contribution in [0.15, 0.2) is 53.4 Å². The molecule has 1 fully saturated rings. The molecule has 9 heteroatoms. The van der Waals surface area contributed by atoms with E-state index in [1.807, 2.05) is 18.2 Å². The summed E-state index contributed by atoms with van der Waals surface area (Å²) in [6, 6.07) is 13.8. The third-order valence-corrected chi connectivity index (χ3v) is 8.23. The molecule has 0 unspecified atom stereocenters. The smallest absolute Gasteiger partial charge is 0.242 e. The molecule has 0 bridgehead atoms. The summed E-state index contributed by atoms with van der Waals surface area (Å²) in [6.07, 6.45) is 2.77. The van der Waals surface area contributed by atoms with Gasteiger partial charge in [0, 0.05) is 43.8 Å². The summed E-state index contributed by atoms with van der Waals surface area (Å²) < 4.78 is 26.1. The molecule has 0 spiro atoms. The minimum Gasteiger partial charge on any atom is -0.335 e. The van der Waals surface area contributed by atoms with E-state index in [4.69, 9.17) is 23.8 Å². The van der Waals surface area contributed by atoms with E-state index >= 15 is 0 Å². The Morgan fingerprint density at radius 1 is 1.10 bits per heavy atom. The standard InChI is InChI=1S/C22H26ClN3O3S2/c1-25(2)31(28,29)17-10-8-9-16(15-17)24-21(30)26(3)22(14-7-6-13-20(22)27)18-11-4-5-12-19(18)23/h4-5,8-12,15H,6-7,13-14H2,1-3H3,(H,24,30)/t22-/m0/s1. The maximum atomic E-state index is 13.3. The van der Waals surface area contributed by atoms with Crippen molar-refractivity contribution in [3.63, 3.8) is 0 Å². The molecular formula is C22H26ClN3O3S2. The van der Waals surface area contributed by atoms with Gasteiger partial charge in [0.1, 0.15) is 5.54 Å². The van der Waals surface area contributed by atoms with Crippen LogP contribution in [0.4, 0.5) is 5.69 Å². The minimum atomic E-state index is -3.58. The van der Waals surface area contributed by atoms with Crippen molar-refractivity contribution in [2.45, 2.75) is 36.1 Å². The van der Waals surface area contributed by atoms with Crippen LogP contribution in [0.3, 0.4) is 0 Å². The second-order valence-corrected chi connectivity index (χ2v) is 10.7. The number of hydrogen-bond acceptors (Lipinski definition) is 4. The number of Topliss-reactive ketones (excluding diaryl/α,β-unsaturated/α-hetero) is 1. The Labute approximate surface area is 194 Å². The molecule has 1 aliphatic carbocycles. The molecule has 3 rings (SSSR count). The second-order valence-electron chi connectivity index (χ2n) is 7.77. The van der Waals surface area contributed by atoms with Crippen molar-refractivity contribution in [1.29, 1.82) is 0 Å². The van der Waals surface area contributed by atoms with Crippen molar-refractivity contribution in [3.8, 4) is 0 Å². The van der Waals surface area contributed by atoms with Gasteiger partial charge in [0.05, 0.1) is 4.90 Å². The largest absolute Gasteiger partial charge is 0.335 e. The monoisotopic (exact) mass is 479 g/mol. The summed E-state index contributed by atoms with van der Waals surface area (Å²) in [5.41, 5.74) is 0.294. The molecule has 1 saturated carbocycles. The Hall–Kier alpha value is -2.00. The van der Waals surface area contributed by atoms with E-state index in [9.17, 15) is 13.2 Å². The average Bonchev–Trinajstić information content (AvgIpc) is 2.74. The highest BCUT2D eigenvalue weighted by Gasteiger charge is 2.47. The molecule has 2 aromatic rings. The topological polar surface area (TPSA) is 69.7 Å². The lowest BCUT2D eigenvalue weighted by molar-refractivity contribution is -0.131. The van der Waals surface area contributed by atoms with Gasteiger partial charge in [-0.15, -0.1) is 0 Å². The van der Waals surface area contributed by atoms with Crippen molar-refractivity contribution >= 4 is 50.4 Å². The van der Waals surface area contributed by atoms with Crippen LogP contribution in [0.1, 0.15) is 31.2 Å². The van der Waals surface area contributed by atoms with Crippen molar-refractivity contribution in [2.75, 3.05) is 26.5 Å². The van der Waals surface area contributed by atoms with Crippen LogP contribution >= 0.6 is 23.8 Å². The van der Waals surface area contributed by atoms with Crippen molar-refractivity contribution < 1.29 is 13.2 Å². The van der Waals surface area contributed by atoms with Crippen LogP contribution in [0.5, 0.6) is 0 Å². The van der Waals surface area contributed by atoms with E-state index in [2.05, 4.69) is 5.32 Å². The van der Waals surface area contributed by atoms with Crippen molar-refractivity contribution in [3.05, 3.63) is 59.1 Å². The van der Waals surface area contributed by atoms with Gasteiger partial charge in [0.25, 0.3) is 0 Å².